The molecule has 6 nitrogen and oxygen atoms in total. The van der Waals surface area contributed by atoms with Gasteiger partial charge < -0.3 is 11.1 Å². The summed E-state index contributed by atoms with van der Waals surface area (Å²) < 4.78 is 24.2. The average molecular weight is 311 g/mol. The van der Waals surface area contributed by atoms with Crippen LogP contribution in [0.1, 0.15) is 24.8 Å². The molecule has 116 valence electrons. The summed E-state index contributed by atoms with van der Waals surface area (Å²) >= 11 is 0. The zero-order valence-corrected chi connectivity index (χ0v) is 12.9. The number of hydrogen-bond acceptors (Lipinski definition) is 4. The second-order valence-corrected chi connectivity index (χ2v) is 7.31. The van der Waals surface area contributed by atoms with Crippen LogP contribution in [-0.4, -0.2) is 33.7 Å². The van der Waals surface area contributed by atoms with Crippen LogP contribution in [0.4, 0.5) is 5.69 Å². The number of nitrogen functional groups attached to an aromatic ring is 1. The fourth-order valence-electron chi connectivity index (χ4n) is 2.29. The van der Waals surface area contributed by atoms with Gasteiger partial charge in [-0.2, -0.15) is 0 Å². The van der Waals surface area contributed by atoms with Crippen molar-refractivity contribution in [3.05, 3.63) is 29.8 Å². The minimum absolute atomic E-state index is 0.00614. The maximum absolute atomic E-state index is 12.3. The van der Waals surface area contributed by atoms with Gasteiger partial charge in [-0.05, 0) is 37.0 Å². The molecule has 2 rings (SSSR count). The predicted octanol–water partition coefficient (Wildman–Crippen LogP) is 0.356. The molecule has 1 amide bonds. The Labute approximate surface area is 125 Å². The number of nitrogens with one attached hydrogen (secondary N) is 2. The first kappa shape index (κ1) is 15.8. The van der Waals surface area contributed by atoms with Crippen molar-refractivity contribution in [3.63, 3.8) is 0 Å². The molecule has 7 heteroatoms. The number of rotatable bonds is 7. The molecule has 0 atom stereocenters. The van der Waals surface area contributed by atoms with Crippen molar-refractivity contribution in [2.75, 3.05) is 25.1 Å². The number of nitrogens with two attached hydrogens (primary N) is 1. The quantitative estimate of drug-likeness (QED) is 0.500. The summed E-state index contributed by atoms with van der Waals surface area (Å²) in [5, 5.41) is 2.88. The van der Waals surface area contributed by atoms with Gasteiger partial charge in [-0.3, -0.25) is 4.79 Å². The fourth-order valence-corrected chi connectivity index (χ4v) is 2.81. The lowest BCUT2D eigenvalue weighted by atomic mass is 9.95. The van der Waals surface area contributed by atoms with Crippen LogP contribution in [0, 0.1) is 0 Å². The molecule has 1 fully saturated rings. The first-order chi connectivity index (χ1) is 9.83. The molecule has 0 bridgehead atoms. The van der Waals surface area contributed by atoms with E-state index in [-0.39, 0.29) is 5.91 Å². The van der Waals surface area contributed by atoms with Crippen LogP contribution in [0.15, 0.2) is 24.3 Å². The molecule has 0 saturated heterocycles. The highest BCUT2D eigenvalue weighted by Gasteiger charge is 2.50. The minimum Gasteiger partial charge on any atom is -0.399 e. The van der Waals surface area contributed by atoms with Crippen LogP contribution < -0.4 is 15.8 Å². The van der Waals surface area contributed by atoms with Crippen molar-refractivity contribution in [1.82, 2.24) is 10.0 Å². The number of anilines is 1. The van der Waals surface area contributed by atoms with Crippen molar-refractivity contribution in [3.8, 4) is 0 Å². The van der Waals surface area contributed by atoms with E-state index in [1.165, 1.54) is 0 Å². The summed E-state index contributed by atoms with van der Waals surface area (Å²) in [4.78, 5) is 12.3. The molecule has 0 heterocycles. The van der Waals surface area contributed by atoms with Crippen LogP contribution in [0.2, 0.25) is 0 Å². The normalized spacial score (nSPS) is 16.4. The van der Waals surface area contributed by atoms with E-state index in [9.17, 15) is 13.2 Å². The number of benzene rings is 1. The topological polar surface area (TPSA) is 101 Å². The van der Waals surface area contributed by atoms with Crippen LogP contribution in [0.5, 0.6) is 0 Å². The van der Waals surface area contributed by atoms with Gasteiger partial charge in [-0.25, -0.2) is 13.1 Å². The second kappa shape index (κ2) is 6.03. The third-order valence-corrected chi connectivity index (χ3v) is 4.38. The van der Waals surface area contributed by atoms with Crippen molar-refractivity contribution in [1.29, 1.82) is 0 Å². The Bertz CT molecular complexity index is 607. The first-order valence-electron chi connectivity index (χ1n) is 6.92. The van der Waals surface area contributed by atoms with E-state index in [0.717, 1.165) is 24.7 Å². The van der Waals surface area contributed by atoms with Gasteiger partial charge in [-0.15, -0.1) is 0 Å². The van der Waals surface area contributed by atoms with E-state index in [2.05, 4.69) is 10.0 Å². The molecule has 0 radical (unpaired) electrons. The molecule has 1 aliphatic carbocycles. The third-order valence-electron chi connectivity index (χ3n) is 3.65. The molecular weight excluding hydrogens is 290 g/mol. The highest BCUT2D eigenvalue weighted by molar-refractivity contribution is 7.88. The molecule has 0 aromatic heterocycles. The molecule has 21 heavy (non-hydrogen) atoms. The fraction of sp³-hybridized carbons (Fsp3) is 0.500. The van der Waals surface area contributed by atoms with Gasteiger partial charge in [0.1, 0.15) is 0 Å². The Balaban J connectivity index is 1.82. The number of hydrogen-bond donors (Lipinski definition) is 3. The van der Waals surface area contributed by atoms with Gasteiger partial charge in [0, 0.05) is 18.8 Å². The Kier molecular flexibility index (Phi) is 4.53. The van der Waals surface area contributed by atoms with Gasteiger partial charge in [-0.1, -0.05) is 12.1 Å². The van der Waals surface area contributed by atoms with Crippen molar-refractivity contribution < 1.29 is 13.2 Å². The molecule has 0 spiro atoms. The lowest BCUT2D eigenvalue weighted by Gasteiger charge is -2.16. The molecule has 1 saturated carbocycles. The van der Waals surface area contributed by atoms with E-state index in [4.69, 9.17) is 5.73 Å². The molecule has 1 aromatic rings. The second-order valence-electron chi connectivity index (χ2n) is 5.48. The van der Waals surface area contributed by atoms with Crippen LogP contribution >= 0.6 is 0 Å². The van der Waals surface area contributed by atoms with Gasteiger partial charge in [0.05, 0.1) is 11.7 Å². The van der Waals surface area contributed by atoms with Gasteiger partial charge in [0.2, 0.25) is 15.9 Å². The number of carbonyl (C=O) groups excluding carboxylic acids is 1. The van der Waals surface area contributed by atoms with E-state index in [1.807, 2.05) is 12.1 Å². The third kappa shape index (κ3) is 4.18. The Hall–Kier alpha value is -1.60. The van der Waals surface area contributed by atoms with Gasteiger partial charge in [0.15, 0.2) is 0 Å². The summed E-state index contributed by atoms with van der Waals surface area (Å²) in [6.45, 7) is 0.784. The zero-order valence-electron chi connectivity index (χ0n) is 12.1. The summed E-state index contributed by atoms with van der Waals surface area (Å²) in [7, 11) is -3.16. The van der Waals surface area contributed by atoms with Crippen molar-refractivity contribution in [2.24, 2.45) is 0 Å². The smallest absolute Gasteiger partial charge is 0.230 e. The maximum atomic E-state index is 12.3. The van der Waals surface area contributed by atoms with E-state index < -0.39 is 15.4 Å². The SMILES string of the molecule is CS(=O)(=O)NCCCNC(=O)C1(c2ccc(N)cc2)CC1. The molecule has 4 N–H and O–H groups in total. The number of carbonyl (C=O) groups is 1. The van der Waals surface area contributed by atoms with Gasteiger partial charge in [0.25, 0.3) is 0 Å². The highest BCUT2D eigenvalue weighted by Crippen LogP contribution is 2.48. The largest absolute Gasteiger partial charge is 0.399 e. The molecule has 0 unspecified atom stereocenters. The van der Waals surface area contributed by atoms with Crippen LogP contribution in [0.3, 0.4) is 0 Å². The number of amides is 1. The number of sulfonamides is 1. The first-order valence-corrected chi connectivity index (χ1v) is 8.82. The lowest BCUT2D eigenvalue weighted by Crippen LogP contribution is -2.36. The lowest BCUT2D eigenvalue weighted by molar-refractivity contribution is -0.123. The average Bonchev–Trinajstić information content (AvgIpc) is 3.19. The monoisotopic (exact) mass is 311 g/mol. The maximum Gasteiger partial charge on any atom is 0.230 e. The predicted molar refractivity (Wildman–Crippen MR) is 82.2 cm³/mol. The van der Waals surface area contributed by atoms with Crippen LogP contribution in [-0.2, 0) is 20.2 Å². The van der Waals surface area contributed by atoms with E-state index >= 15 is 0 Å². The summed E-state index contributed by atoms with van der Waals surface area (Å²) in [6, 6.07) is 7.40. The molecule has 1 aliphatic rings. The van der Waals surface area contributed by atoms with E-state index in [0.29, 0.717) is 25.2 Å². The Morgan fingerprint density at radius 2 is 1.86 bits per heavy atom. The van der Waals surface area contributed by atoms with Crippen molar-refractivity contribution in [2.45, 2.75) is 24.7 Å². The van der Waals surface area contributed by atoms with Crippen LogP contribution in [0.25, 0.3) is 0 Å². The zero-order chi connectivity index (χ0) is 15.5. The Morgan fingerprint density at radius 1 is 1.24 bits per heavy atom. The summed E-state index contributed by atoms with van der Waals surface area (Å²) in [5.74, 6) is 0.00614. The minimum atomic E-state index is -3.16. The molecular formula is C14H21N3O3S. The Morgan fingerprint density at radius 3 is 2.38 bits per heavy atom. The highest BCUT2D eigenvalue weighted by atomic mass is 32.2. The summed E-state index contributed by atoms with van der Waals surface area (Å²) in [5.41, 5.74) is 6.91. The molecule has 1 aromatic carbocycles. The van der Waals surface area contributed by atoms with Gasteiger partial charge >= 0.3 is 0 Å². The standard InChI is InChI=1S/C14H21N3O3S/c1-21(19,20)17-10-2-9-16-13(18)14(7-8-14)11-3-5-12(15)6-4-11/h3-6,17H,2,7-10,15H2,1H3,(H,16,18). The van der Waals surface area contributed by atoms with Crippen molar-refractivity contribution >= 4 is 21.6 Å². The molecule has 0 aliphatic heterocycles. The summed E-state index contributed by atoms with van der Waals surface area (Å²) in [6.07, 6.45) is 3.36. The van der Waals surface area contributed by atoms with E-state index in [1.54, 1.807) is 12.1 Å².